The van der Waals surface area contributed by atoms with Crippen molar-refractivity contribution >= 4 is 5.78 Å². The molecular weight excluding hydrogens is 246 g/mol. The van der Waals surface area contributed by atoms with Crippen molar-refractivity contribution < 1.29 is 13.6 Å². The molecule has 0 aliphatic heterocycles. The summed E-state index contributed by atoms with van der Waals surface area (Å²) >= 11 is 0. The maximum absolute atomic E-state index is 13.5. The second-order valence-electron chi connectivity index (χ2n) is 4.98. The largest absolute Gasteiger partial charge is 0.294 e. The highest BCUT2D eigenvalue weighted by atomic mass is 19.1. The first-order chi connectivity index (χ1) is 9.18. The predicted molar refractivity (Wildman–Crippen MR) is 70.9 cm³/mol. The Hall–Kier alpha value is -1.51. The lowest BCUT2D eigenvalue weighted by Crippen LogP contribution is -2.10. The van der Waals surface area contributed by atoms with Crippen LogP contribution in [0, 0.1) is 11.6 Å². The first-order valence-corrected chi connectivity index (χ1v) is 6.83. The van der Waals surface area contributed by atoms with Crippen molar-refractivity contribution in [1.82, 2.24) is 0 Å². The zero-order valence-electron chi connectivity index (χ0n) is 10.9. The van der Waals surface area contributed by atoms with Gasteiger partial charge >= 0.3 is 0 Å². The lowest BCUT2D eigenvalue weighted by molar-refractivity contribution is -0.115. The van der Waals surface area contributed by atoms with Crippen molar-refractivity contribution in [3.63, 3.8) is 0 Å². The van der Waals surface area contributed by atoms with Crippen LogP contribution in [0.2, 0.25) is 0 Å². The Kier molecular flexibility index (Phi) is 4.83. The topological polar surface area (TPSA) is 17.1 Å². The Morgan fingerprint density at radius 2 is 1.74 bits per heavy atom. The van der Waals surface area contributed by atoms with Gasteiger partial charge in [0.1, 0.15) is 11.6 Å². The Balaban J connectivity index is 2.11. The summed E-state index contributed by atoms with van der Waals surface area (Å²) in [6, 6.07) is 3.70. The second-order valence-corrected chi connectivity index (χ2v) is 4.98. The molecular formula is C16H18F2O. The van der Waals surface area contributed by atoms with Gasteiger partial charge in [-0.2, -0.15) is 0 Å². The molecule has 1 aromatic carbocycles. The summed E-state index contributed by atoms with van der Waals surface area (Å²) < 4.78 is 27.0. The zero-order valence-corrected chi connectivity index (χ0v) is 10.9. The van der Waals surface area contributed by atoms with Gasteiger partial charge in [-0.15, -0.1) is 0 Å². The Labute approximate surface area is 112 Å². The summed E-state index contributed by atoms with van der Waals surface area (Å²) in [4.78, 5) is 12.1. The number of hydrogen-bond donors (Lipinski definition) is 0. The molecule has 102 valence electrons. The van der Waals surface area contributed by atoms with Gasteiger partial charge in [-0.3, -0.25) is 4.79 Å². The number of Topliss-reactive ketones (excluding diaryl/α,β-unsaturated/α-hetero) is 1. The van der Waals surface area contributed by atoms with Crippen LogP contribution in [0.3, 0.4) is 0 Å². The fourth-order valence-electron chi connectivity index (χ4n) is 2.42. The molecule has 0 spiro atoms. The molecule has 1 aromatic rings. The fourth-order valence-corrected chi connectivity index (χ4v) is 2.42. The van der Waals surface area contributed by atoms with Crippen LogP contribution in [0.5, 0.6) is 0 Å². The molecule has 0 bridgehead atoms. The second kappa shape index (κ2) is 6.60. The minimum absolute atomic E-state index is 0.115. The highest BCUT2D eigenvalue weighted by Gasteiger charge is 2.16. The van der Waals surface area contributed by atoms with Crippen LogP contribution < -0.4 is 0 Å². The summed E-state index contributed by atoms with van der Waals surface area (Å²) in [5.41, 5.74) is 0.623. The molecule has 0 aromatic heterocycles. The van der Waals surface area contributed by atoms with E-state index in [1.54, 1.807) is 0 Å². The highest BCUT2D eigenvalue weighted by Crippen LogP contribution is 2.21. The number of rotatable bonds is 3. The average molecular weight is 264 g/mol. The number of ketones is 1. The molecule has 0 radical (unpaired) electrons. The number of benzene rings is 1. The van der Waals surface area contributed by atoms with E-state index in [0.717, 1.165) is 37.7 Å². The van der Waals surface area contributed by atoms with E-state index in [1.807, 2.05) is 6.08 Å². The standard InChI is InChI=1S/C16H18F2O/c17-14-9-6-10-15(18)13(14)11-16(19)12-7-4-2-1-3-5-8-12/h6-7,9-10H,1-5,8,11H2/b12-7+. The molecule has 0 amide bonds. The first-order valence-electron chi connectivity index (χ1n) is 6.83. The Morgan fingerprint density at radius 3 is 2.47 bits per heavy atom. The molecule has 3 heteroatoms. The minimum atomic E-state index is -0.639. The molecule has 1 nitrogen and oxygen atoms in total. The molecule has 0 heterocycles. The van der Waals surface area contributed by atoms with E-state index in [1.165, 1.54) is 24.6 Å². The number of halogens is 2. The van der Waals surface area contributed by atoms with Crippen molar-refractivity contribution in [2.24, 2.45) is 0 Å². The molecule has 0 saturated carbocycles. The fraction of sp³-hybridized carbons (Fsp3) is 0.438. The van der Waals surface area contributed by atoms with Gasteiger partial charge < -0.3 is 0 Å². The maximum Gasteiger partial charge on any atom is 0.163 e. The normalized spacial score (nSPS) is 19.2. The Bertz CT molecular complexity index is 471. The third kappa shape index (κ3) is 3.72. The quantitative estimate of drug-likeness (QED) is 0.793. The molecule has 0 saturated heterocycles. The van der Waals surface area contributed by atoms with Crippen LogP contribution in [0.4, 0.5) is 8.78 Å². The number of allylic oxidation sites excluding steroid dienone is 2. The van der Waals surface area contributed by atoms with Gasteiger partial charge in [0.05, 0.1) is 0 Å². The molecule has 1 aliphatic rings. The summed E-state index contributed by atoms with van der Waals surface area (Å²) in [5.74, 6) is -1.43. The third-order valence-corrected chi connectivity index (χ3v) is 3.55. The molecule has 0 atom stereocenters. The van der Waals surface area contributed by atoms with Gasteiger partial charge in [0, 0.05) is 12.0 Å². The van der Waals surface area contributed by atoms with E-state index in [0.29, 0.717) is 0 Å². The lowest BCUT2D eigenvalue weighted by Gasteiger charge is -2.11. The van der Waals surface area contributed by atoms with Gasteiger partial charge in [-0.05, 0) is 43.4 Å². The van der Waals surface area contributed by atoms with E-state index in [-0.39, 0.29) is 17.8 Å². The maximum atomic E-state index is 13.5. The molecule has 19 heavy (non-hydrogen) atoms. The van der Waals surface area contributed by atoms with Crippen molar-refractivity contribution in [2.75, 3.05) is 0 Å². The molecule has 0 unspecified atom stereocenters. The molecule has 0 fully saturated rings. The zero-order chi connectivity index (χ0) is 13.7. The van der Waals surface area contributed by atoms with Crippen LogP contribution in [0.25, 0.3) is 0 Å². The van der Waals surface area contributed by atoms with Crippen molar-refractivity contribution in [3.8, 4) is 0 Å². The monoisotopic (exact) mass is 264 g/mol. The van der Waals surface area contributed by atoms with Crippen molar-refractivity contribution in [2.45, 2.75) is 44.9 Å². The van der Waals surface area contributed by atoms with Gasteiger partial charge in [-0.25, -0.2) is 8.78 Å². The van der Waals surface area contributed by atoms with E-state index < -0.39 is 11.6 Å². The molecule has 1 aliphatic carbocycles. The summed E-state index contributed by atoms with van der Waals surface area (Å²) in [6.45, 7) is 0. The first kappa shape index (κ1) is 13.9. The van der Waals surface area contributed by atoms with Crippen LogP contribution >= 0.6 is 0 Å². The van der Waals surface area contributed by atoms with Gasteiger partial charge in [-0.1, -0.05) is 25.0 Å². The Morgan fingerprint density at radius 1 is 1.05 bits per heavy atom. The summed E-state index contributed by atoms with van der Waals surface area (Å²) in [7, 11) is 0. The van der Waals surface area contributed by atoms with E-state index in [9.17, 15) is 13.6 Å². The smallest absolute Gasteiger partial charge is 0.163 e. The SMILES string of the molecule is O=C(Cc1c(F)cccc1F)/C1=C/CCCCCC1. The van der Waals surface area contributed by atoms with Gasteiger partial charge in [0.2, 0.25) is 0 Å². The van der Waals surface area contributed by atoms with Crippen molar-refractivity contribution in [1.29, 1.82) is 0 Å². The van der Waals surface area contributed by atoms with Crippen molar-refractivity contribution in [3.05, 3.63) is 47.0 Å². The third-order valence-electron chi connectivity index (χ3n) is 3.55. The van der Waals surface area contributed by atoms with E-state index in [4.69, 9.17) is 0 Å². The average Bonchev–Trinajstić information content (AvgIpc) is 2.33. The van der Waals surface area contributed by atoms with Crippen LogP contribution in [-0.2, 0) is 11.2 Å². The summed E-state index contributed by atoms with van der Waals surface area (Å²) in [5, 5.41) is 0. The number of carbonyl (C=O) groups is 1. The highest BCUT2D eigenvalue weighted by molar-refractivity contribution is 5.96. The summed E-state index contributed by atoms with van der Waals surface area (Å²) in [6.07, 6.45) is 7.78. The van der Waals surface area contributed by atoms with Crippen LogP contribution in [0.1, 0.15) is 44.1 Å². The minimum Gasteiger partial charge on any atom is -0.294 e. The number of hydrogen-bond acceptors (Lipinski definition) is 1. The lowest BCUT2D eigenvalue weighted by atomic mass is 9.94. The predicted octanol–water partition coefficient (Wildman–Crippen LogP) is 4.36. The van der Waals surface area contributed by atoms with Crippen LogP contribution in [0.15, 0.2) is 29.8 Å². The van der Waals surface area contributed by atoms with E-state index in [2.05, 4.69) is 0 Å². The number of carbonyl (C=O) groups excluding carboxylic acids is 1. The van der Waals surface area contributed by atoms with E-state index >= 15 is 0 Å². The molecule has 0 N–H and O–H groups in total. The van der Waals surface area contributed by atoms with Gasteiger partial charge in [0.15, 0.2) is 5.78 Å². The molecule has 2 rings (SSSR count). The van der Waals surface area contributed by atoms with Gasteiger partial charge in [0.25, 0.3) is 0 Å². The van der Waals surface area contributed by atoms with Crippen LogP contribution in [-0.4, -0.2) is 5.78 Å².